The summed E-state index contributed by atoms with van der Waals surface area (Å²) in [6.07, 6.45) is 2.20. The summed E-state index contributed by atoms with van der Waals surface area (Å²) >= 11 is 1.73. The SMILES string of the molecule is Cc1nc2c(s1)CCC(=O)C2. The van der Waals surface area contributed by atoms with Crippen LogP contribution < -0.4 is 0 Å². The third-order valence-corrected chi connectivity index (χ3v) is 2.95. The van der Waals surface area contributed by atoms with Crippen molar-refractivity contribution in [2.75, 3.05) is 0 Å². The van der Waals surface area contributed by atoms with Gasteiger partial charge in [-0.3, -0.25) is 4.79 Å². The minimum atomic E-state index is 0.336. The Morgan fingerprint density at radius 3 is 3.09 bits per heavy atom. The number of aryl methyl sites for hydroxylation is 2. The Labute approximate surface area is 69.3 Å². The fourth-order valence-corrected chi connectivity index (χ4v) is 2.33. The van der Waals surface area contributed by atoms with Gasteiger partial charge < -0.3 is 0 Å². The van der Waals surface area contributed by atoms with Crippen LogP contribution in [0.3, 0.4) is 0 Å². The van der Waals surface area contributed by atoms with Crippen LogP contribution in [0.25, 0.3) is 0 Å². The van der Waals surface area contributed by atoms with E-state index in [0.29, 0.717) is 18.6 Å². The molecule has 1 heterocycles. The summed E-state index contributed by atoms with van der Waals surface area (Å²) in [5.74, 6) is 0.336. The van der Waals surface area contributed by atoms with E-state index < -0.39 is 0 Å². The van der Waals surface area contributed by atoms with Crippen molar-refractivity contribution in [1.82, 2.24) is 4.98 Å². The summed E-state index contributed by atoms with van der Waals surface area (Å²) in [5.41, 5.74) is 1.03. The first-order valence-electron chi connectivity index (χ1n) is 3.72. The number of nitrogens with zero attached hydrogens (tertiary/aromatic N) is 1. The van der Waals surface area contributed by atoms with Crippen molar-refractivity contribution in [2.24, 2.45) is 0 Å². The molecule has 1 aliphatic carbocycles. The van der Waals surface area contributed by atoms with Crippen LogP contribution >= 0.6 is 11.3 Å². The van der Waals surface area contributed by atoms with Crippen LogP contribution in [0.15, 0.2) is 0 Å². The van der Waals surface area contributed by atoms with E-state index in [2.05, 4.69) is 4.98 Å². The van der Waals surface area contributed by atoms with Gasteiger partial charge in [-0.15, -0.1) is 11.3 Å². The lowest BCUT2D eigenvalue weighted by atomic mass is 10.0. The summed E-state index contributed by atoms with van der Waals surface area (Å²) < 4.78 is 0. The fraction of sp³-hybridized carbons (Fsp3) is 0.500. The molecule has 1 aromatic rings. The number of fused-ring (bicyclic) bond motifs is 1. The van der Waals surface area contributed by atoms with Gasteiger partial charge in [0.1, 0.15) is 5.78 Å². The summed E-state index contributed by atoms with van der Waals surface area (Å²) in [6.45, 7) is 1.99. The van der Waals surface area contributed by atoms with Crippen LogP contribution in [0.5, 0.6) is 0 Å². The molecule has 1 aromatic heterocycles. The molecule has 2 rings (SSSR count). The molecule has 11 heavy (non-hydrogen) atoms. The highest BCUT2D eigenvalue weighted by atomic mass is 32.1. The number of rotatable bonds is 0. The van der Waals surface area contributed by atoms with E-state index >= 15 is 0 Å². The predicted octanol–water partition coefficient (Wildman–Crippen LogP) is 1.51. The quantitative estimate of drug-likeness (QED) is 0.586. The first-order valence-corrected chi connectivity index (χ1v) is 4.54. The minimum absolute atomic E-state index is 0.336. The van der Waals surface area contributed by atoms with Gasteiger partial charge in [0, 0.05) is 17.7 Å². The molecule has 0 fully saturated rings. The average molecular weight is 167 g/mol. The monoisotopic (exact) mass is 167 g/mol. The smallest absolute Gasteiger partial charge is 0.139 e. The molecule has 58 valence electrons. The highest BCUT2D eigenvalue weighted by Crippen LogP contribution is 2.24. The number of thiazole rings is 1. The van der Waals surface area contributed by atoms with Crippen molar-refractivity contribution < 1.29 is 4.79 Å². The van der Waals surface area contributed by atoms with Crippen LogP contribution in [-0.2, 0) is 17.6 Å². The second kappa shape index (κ2) is 2.41. The van der Waals surface area contributed by atoms with E-state index in [1.165, 1.54) is 4.88 Å². The van der Waals surface area contributed by atoms with E-state index in [0.717, 1.165) is 17.1 Å². The van der Waals surface area contributed by atoms with Gasteiger partial charge in [-0.05, 0) is 13.3 Å². The van der Waals surface area contributed by atoms with Gasteiger partial charge in [-0.25, -0.2) is 4.98 Å². The summed E-state index contributed by atoms with van der Waals surface area (Å²) in [5, 5.41) is 1.09. The highest BCUT2D eigenvalue weighted by molar-refractivity contribution is 7.11. The molecule has 0 aliphatic heterocycles. The second-order valence-corrected chi connectivity index (χ2v) is 4.11. The lowest BCUT2D eigenvalue weighted by Crippen LogP contribution is -2.11. The molecule has 0 radical (unpaired) electrons. The van der Waals surface area contributed by atoms with Crippen molar-refractivity contribution in [3.8, 4) is 0 Å². The maximum absolute atomic E-state index is 11.0. The van der Waals surface area contributed by atoms with E-state index in [9.17, 15) is 4.79 Å². The van der Waals surface area contributed by atoms with Gasteiger partial charge >= 0.3 is 0 Å². The molecule has 0 amide bonds. The van der Waals surface area contributed by atoms with E-state index in [4.69, 9.17) is 0 Å². The number of aromatic nitrogens is 1. The Balaban J connectivity index is 2.41. The van der Waals surface area contributed by atoms with E-state index in [-0.39, 0.29) is 0 Å². The third kappa shape index (κ3) is 1.20. The number of hydrogen-bond acceptors (Lipinski definition) is 3. The zero-order valence-corrected chi connectivity index (χ0v) is 7.20. The fourth-order valence-electron chi connectivity index (χ4n) is 1.37. The van der Waals surface area contributed by atoms with E-state index in [1.807, 2.05) is 6.92 Å². The van der Waals surface area contributed by atoms with Gasteiger partial charge in [0.15, 0.2) is 0 Å². The molecular formula is C8H9NOS. The van der Waals surface area contributed by atoms with Gasteiger partial charge in [0.25, 0.3) is 0 Å². The highest BCUT2D eigenvalue weighted by Gasteiger charge is 2.18. The van der Waals surface area contributed by atoms with Crippen molar-refractivity contribution in [2.45, 2.75) is 26.2 Å². The molecule has 2 nitrogen and oxygen atoms in total. The molecule has 0 atom stereocenters. The first kappa shape index (κ1) is 6.98. The first-order chi connectivity index (χ1) is 5.25. The van der Waals surface area contributed by atoms with Gasteiger partial charge in [0.05, 0.1) is 10.7 Å². The van der Waals surface area contributed by atoms with Crippen molar-refractivity contribution in [3.05, 3.63) is 15.6 Å². The Kier molecular flexibility index (Phi) is 1.53. The number of carbonyl (C=O) groups is 1. The van der Waals surface area contributed by atoms with Gasteiger partial charge in [-0.1, -0.05) is 0 Å². The normalized spacial score (nSPS) is 16.6. The van der Waals surface area contributed by atoms with Crippen LogP contribution in [0, 0.1) is 6.92 Å². The zero-order chi connectivity index (χ0) is 7.84. The van der Waals surface area contributed by atoms with Crippen molar-refractivity contribution in [3.63, 3.8) is 0 Å². The topological polar surface area (TPSA) is 30.0 Å². The van der Waals surface area contributed by atoms with Crippen molar-refractivity contribution in [1.29, 1.82) is 0 Å². The van der Waals surface area contributed by atoms with Crippen LogP contribution in [0.2, 0.25) is 0 Å². The maximum Gasteiger partial charge on any atom is 0.139 e. The molecule has 0 spiro atoms. The predicted molar refractivity (Wildman–Crippen MR) is 43.9 cm³/mol. The number of carbonyl (C=O) groups excluding carboxylic acids is 1. The molecule has 0 saturated heterocycles. The lowest BCUT2D eigenvalue weighted by Gasteiger charge is -2.06. The average Bonchev–Trinajstić information content (AvgIpc) is 2.27. The Morgan fingerprint density at radius 2 is 2.27 bits per heavy atom. The second-order valence-electron chi connectivity index (χ2n) is 2.82. The van der Waals surface area contributed by atoms with Crippen LogP contribution in [0.1, 0.15) is 22.0 Å². The molecule has 3 heteroatoms. The standard InChI is InChI=1S/C8H9NOS/c1-5-9-7-4-6(10)2-3-8(7)11-5/h2-4H2,1H3. The molecule has 1 aliphatic rings. The van der Waals surface area contributed by atoms with Crippen LogP contribution in [-0.4, -0.2) is 10.8 Å². The minimum Gasteiger partial charge on any atom is -0.299 e. The Hall–Kier alpha value is -0.700. The number of Topliss-reactive ketones (excluding diaryl/α,β-unsaturated/α-hetero) is 1. The third-order valence-electron chi connectivity index (χ3n) is 1.88. The zero-order valence-electron chi connectivity index (χ0n) is 6.39. The van der Waals surface area contributed by atoms with Gasteiger partial charge in [0.2, 0.25) is 0 Å². The number of hydrogen-bond donors (Lipinski definition) is 0. The van der Waals surface area contributed by atoms with Crippen molar-refractivity contribution >= 4 is 17.1 Å². The summed E-state index contributed by atoms with van der Waals surface area (Å²) in [6, 6.07) is 0. The molecule has 0 aromatic carbocycles. The molecule has 0 saturated carbocycles. The molecule has 0 N–H and O–H groups in total. The van der Waals surface area contributed by atoms with Gasteiger partial charge in [-0.2, -0.15) is 0 Å². The summed E-state index contributed by atoms with van der Waals surface area (Å²) in [4.78, 5) is 16.6. The molecule has 0 unspecified atom stereocenters. The maximum atomic E-state index is 11.0. The van der Waals surface area contributed by atoms with E-state index in [1.54, 1.807) is 11.3 Å². The molecule has 0 bridgehead atoms. The largest absolute Gasteiger partial charge is 0.299 e. The Bertz CT molecular complexity index is 303. The Morgan fingerprint density at radius 1 is 1.45 bits per heavy atom. The summed E-state index contributed by atoms with van der Waals surface area (Å²) in [7, 11) is 0. The lowest BCUT2D eigenvalue weighted by molar-refractivity contribution is -0.118. The molecular weight excluding hydrogens is 158 g/mol. The van der Waals surface area contributed by atoms with Crippen LogP contribution in [0.4, 0.5) is 0 Å². The number of ketones is 1.